The summed E-state index contributed by atoms with van der Waals surface area (Å²) in [5, 5.41) is 0. The summed E-state index contributed by atoms with van der Waals surface area (Å²) < 4.78 is 52.5. The summed E-state index contributed by atoms with van der Waals surface area (Å²) in [5.41, 5.74) is 0.336. The molecule has 2 heterocycles. The van der Waals surface area contributed by atoms with Crippen LogP contribution in [0, 0.1) is 0 Å². The van der Waals surface area contributed by atoms with Crippen molar-refractivity contribution in [3.8, 4) is 5.75 Å². The lowest BCUT2D eigenvalue weighted by atomic mass is 10.2. The number of halogens is 3. The van der Waals surface area contributed by atoms with E-state index in [0.717, 1.165) is 51.4 Å². The minimum absolute atomic E-state index is 0.192. The number of imidazole rings is 1. The second-order valence-corrected chi connectivity index (χ2v) is 7.29. The van der Waals surface area contributed by atoms with Crippen molar-refractivity contribution in [2.75, 3.05) is 32.8 Å². The number of para-hydroxylation sites is 1. The van der Waals surface area contributed by atoms with E-state index in [1.54, 1.807) is 0 Å². The average molecular weight is 419 g/mol. The lowest BCUT2D eigenvalue weighted by Gasteiger charge is -2.26. The van der Waals surface area contributed by atoms with Gasteiger partial charge in [0.05, 0.1) is 29.8 Å². The molecule has 0 aliphatic carbocycles. The molecule has 0 radical (unpaired) electrons. The quantitative estimate of drug-likeness (QED) is 0.571. The van der Waals surface area contributed by atoms with Crippen LogP contribution >= 0.6 is 0 Å². The SMILES string of the molecule is FC(F)(F)c1ccc2c(c1)nc(COc1ccccc1)n2CCCN1CCOCC1. The number of alkyl halides is 3. The fraction of sp³-hybridized carbons (Fsp3) is 0.409. The normalized spacial score (nSPS) is 15.6. The van der Waals surface area contributed by atoms with E-state index in [1.165, 1.54) is 6.07 Å². The molecule has 0 atom stereocenters. The van der Waals surface area contributed by atoms with Gasteiger partial charge in [-0.05, 0) is 36.8 Å². The summed E-state index contributed by atoms with van der Waals surface area (Å²) in [6.07, 6.45) is -3.53. The minimum atomic E-state index is -4.39. The Morgan fingerprint density at radius 2 is 1.77 bits per heavy atom. The molecule has 5 nitrogen and oxygen atoms in total. The number of fused-ring (bicyclic) bond motifs is 1. The molecule has 0 amide bonds. The standard InChI is InChI=1S/C22H24F3N3O2/c23-22(24,25)17-7-8-20-19(15-17)26-21(16-30-18-5-2-1-3-6-18)28(20)10-4-9-27-11-13-29-14-12-27/h1-3,5-8,15H,4,9-14,16H2. The molecule has 0 bridgehead atoms. The Labute approximate surface area is 173 Å². The van der Waals surface area contributed by atoms with Crippen molar-refractivity contribution < 1.29 is 22.6 Å². The molecule has 0 unspecified atom stereocenters. The highest BCUT2D eigenvalue weighted by Gasteiger charge is 2.31. The number of benzene rings is 2. The van der Waals surface area contributed by atoms with E-state index in [2.05, 4.69) is 9.88 Å². The largest absolute Gasteiger partial charge is 0.486 e. The molecule has 1 aliphatic rings. The van der Waals surface area contributed by atoms with Crippen molar-refractivity contribution in [2.45, 2.75) is 25.7 Å². The van der Waals surface area contributed by atoms with Crippen LogP contribution in [-0.2, 0) is 24.1 Å². The maximum absolute atomic E-state index is 13.1. The lowest BCUT2D eigenvalue weighted by molar-refractivity contribution is -0.137. The molecule has 0 N–H and O–H groups in total. The summed E-state index contributed by atoms with van der Waals surface area (Å²) in [5.74, 6) is 1.32. The molecular formula is C22H24F3N3O2. The molecule has 0 spiro atoms. The Balaban J connectivity index is 1.55. The van der Waals surface area contributed by atoms with E-state index in [0.29, 0.717) is 29.2 Å². The van der Waals surface area contributed by atoms with Gasteiger partial charge in [0.15, 0.2) is 0 Å². The number of nitrogens with zero attached hydrogens (tertiary/aromatic N) is 3. The van der Waals surface area contributed by atoms with Crippen LogP contribution in [0.3, 0.4) is 0 Å². The fourth-order valence-electron chi connectivity index (χ4n) is 3.66. The topological polar surface area (TPSA) is 39.5 Å². The average Bonchev–Trinajstić information content (AvgIpc) is 3.10. The number of morpholine rings is 1. The molecule has 3 aromatic rings. The van der Waals surface area contributed by atoms with Crippen LogP contribution in [0.5, 0.6) is 5.75 Å². The van der Waals surface area contributed by atoms with Gasteiger partial charge in [-0.15, -0.1) is 0 Å². The first-order valence-electron chi connectivity index (χ1n) is 10.0. The van der Waals surface area contributed by atoms with Crippen LogP contribution < -0.4 is 4.74 Å². The molecule has 160 valence electrons. The monoisotopic (exact) mass is 419 g/mol. The number of rotatable bonds is 7. The number of aromatic nitrogens is 2. The fourth-order valence-corrected chi connectivity index (χ4v) is 3.66. The molecule has 30 heavy (non-hydrogen) atoms. The van der Waals surface area contributed by atoms with Gasteiger partial charge in [0, 0.05) is 26.2 Å². The zero-order valence-electron chi connectivity index (χ0n) is 16.6. The van der Waals surface area contributed by atoms with Gasteiger partial charge in [-0.1, -0.05) is 18.2 Å². The van der Waals surface area contributed by atoms with E-state index >= 15 is 0 Å². The smallest absolute Gasteiger partial charge is 0.416 e. The van der Waals surface area contributed by atoms with Gasteiger partial charge < -0.3 is 14.0 Å². The molecule has 8 heteroatoms. The van der Waals surface area contributed by atoms with Gasteiger partial charge in [0.2, 0.25) is 0 Å². The van der Waals surface area contributed by atoms with Crippen LogP contribution in [-0.4, -0.2) is 47.3 Å². The molecule has 1 fully saturated rings. The zero-order chi connectivity index (χ0) is 21.0. The molecule has 0 saturated carbocycles. The minimum Gasteiger partial charge on any atom is -0.486 e. The number of ether oxygens (including phenoxy) is 2. The predicted molar refractivity (Wildman–Crippen MR) is 107 cm³/mol. The Morgan fingerprint density at radius 1 is 1.00 bits per heavy atom. The first-order chi connectivity index (χ1) is 14.5. The van der Waals surface area contributed by atoms with Crippen molar-refractivity contribution in [3.63, 3.8) is 0 Å². The molecule has 4 rings (SSSR count). The van der Waals surface area contributed by atoms with E-state index in [9.17, 15) is 13.2 Å². The van der Waals surface area contributed by atoms with E-state index in [1.807, 2.05) is 34.9 Å². The molecule has 1 aromatic heterocycles. The van der Waals surface area contributed by atoms with Crippen LogP contribution in [0.2, 0.25) is 0 Å². The van der Waals surface area contributed by atoms with Gasteiger partial charge in [0.1, 0.15) is 18.2 Å². The van der Waals surface area contributed by atoms with Crippen molar-refractivity contribution in [2.24, 2.45) is 0 Å². The maximum Gasteiger partial charge on any atom is 0.416 e. The third-order valence-corrected chi connectivity index (χ3v) is 5.23. The number of hydrogen-bond acceptors (Lipinski definition) is 4. The van der Waals surface area contributed by atoms with Crippen molar-refractivity contribution in [1.29, 1.82) is 0 Å². The van der Waals surface area contributed by atoms with E-state index in [4.69, 9.17) is 9.47 Å². The third kappa shape index (κ3) is 4.94. The van der Waals surface area contributed by atoms with Crippen LogP contribution in [0.15, 0.2) is 48.5 Å². The van der Waals surface area contributed by atoms with Gasteiger partial charge >= 0.3 is 6.18 Å². The number of aryl methyl sites for hydroxylation is 1. The van der Waals surface area contributed by atoms with Gasteiger partial charge in [-0.3, -0.25) is 4.90 Å². The summed E-state index contributed by atoms with van der Waals surface area (Å²) in [7, 11) is 0. The Morgan fingerprint density at radius 3 is 2.50 bits per heavy atom. The Kier molecular flexibility index (Phi) is 6.24. The first-order valence-corrected chi connectivity index (χ1v) is 10.0. The van der Waals surface area contributed by atoms with Gasteiger partial charge in [0.25, 0.3) is 0 Å². The van der Waals surface area contributed by atoms with Gasteiger partial charge in [-0.2, -0.15) is 13.2 Å². The van der Waals surface area contributed by atoms with Crippen molar-refractivity contribution in [3.05, 3.63) is 59.9 Å². The predicted octanol–water partition coefficient (Wildman–Crippen LogP) is 4.36. The maximum atomic E-state index is 13.1. The lowest BCUT2D eigenvalue weighted by Crippen LogP contribution is -2.37. The first kappa shape index (κ1) is 20.7. The molecule has 1 saturated heterocycles. The highest BCUT2D eigenvalue weighted by atomic mass is 19.4. The summed E-state index contributed by atoms with van der Waals surface area (Å²) in [6.45, 7) is 5.05. The summed E-state index contributed by atoms with van der Waals surface area (Å²) >= 11 is 0. The third-order valence-electron chi connectivity index (χ3n) is 5.23. The molecule has 2 aromatic carbocycles. The number of hydrogen-bond donors (Lipinski definition) is 0. The second-order valence-electron chi connectivity index (χ2n) is 7.29. The Hall–Kier alpha value is -2.58. The zero-order valence-corrected chi connectivity index (χ0v) is 16.6. The Bertz CT molecular complexity index is 967. The highest BCUT2D eigenvalue weighted by Crippen LogP contribution is 2.31. The van der Waals surface area contributed by atoms with E-state index < -0.39 is 11.7 Å². The van der Waals surface area contributed by atoms with Crippen molar-refractivity contribution in [1.82, 2.24) is 14.5 Å². The summed E-state index contributed by atoms with van der Waals surface area (Å²) in [6, 6.07) is 13.1. The van der Waals surface area contributed by atoms with Crippen LogP contribution in [0.4, 0.5) is 13.2 Å². The highest BCUT2D eigenvalue weighted by molar-refractivity contribution is 5.77. The molecule has 1 aliphatic heterocycles. The molecular weight excluding hydrogens is 395 g/mol. The second kappa shape index (κ2) is 9.06. The van der Waals surface area contributed by atoms with E-state index in [-0.39, 0.29) is 6.61 Å². The van der Waals surface area contributed by atoms with Crippen LogP contribution in [0.1, 0.15) is 17.8 Å². The summed E-state index contributed by atoms with van der Waals surface area (Å²) in [4.78, 5) is 6.81. The van der Waals surface area contributed by atoms with Crippen LogP contribution in [0.25, 0.3) is 11.0 Å². The van der Waals surface area contributed by atoms with Crippen molar-refractivity contribution >= 4 is 11.0 Å². The van der Waals surface area contributed by atoms with Gasteiger partial charge in [-0.25, -0.2) is 4.98 Å².